The van der Waals surface area contributed by atoms with Crippen LogP contribution in [-0.2, 0) is 13.0 Å². The van der Waals surface area contributed by atoms with Crippen molar-refractivity contribution in [1.29, 1.82) is 0 Å². The van der Waals surface area contributed by atoms with Crippen LogP contribution in [0.3, 0.4) is 0 Å². The smallest absolute Gasteiger partial charge is 0.250 e. The summed E-state index contributed by atoms with van der Waals surface area (Å²) >= 11 is 0. The number of pyridine rings is 1. The van der Waals surface area contributed by atoms with Gasteiger partial charge in [-0.15, -0.1) is 0 Å². The lowest BCUT2D eigenvalue weighted by atomic mass is 9.95. The highest BCUT2D eigenvalue weighted by atomic mass is 16.5. The molecular formula is C26H23NO2. The minimum Gasteiger partial charge on any atom is -0.497 e. The lowest BCUT2D eigenvalue weighted by molar-refractivity contribution is 0.415. The van der Waals surface area contributed by atoms with Crippen molar-refractivity contribution in [3.63, 3.8) is 0 Å². The number of aromatic nitrogens is 1. The van der Waals surface area contributed by atoms with Gasteiger partial charge in [-0.05, 0) is 46.4 Å². The summed E-state index contributed by atoms with van der Waals surface area (Å²) in [6.07, 6.45) is 2.72. The molecule has 144 valence electrons. The molecule has 0 saturated heterocycles. The average Bonchev–Trinajstić information content (AvgIpc) is 2.77. The summed E-state index contributed by atoms with van der Waals surface area (Å²) in [5.74, 6) is 0.841. The van der Waals surface area contributed by atoms with E-state index in [-0.39, 0.29) is 5.56 Å². The average molecular weight is 381 g/mol. The van der Waals surface area contributed by atoms with Crippen LogP contribution in [-0.4, -0.2) is 11.7 Å². The molecule has 1 aromatic heterocycles. The Kier molecular flexibility index (Phi) is 5.57. The van der Waals surface area contributed by atoms with E-state index in [1.807, 2.05) is 54.7 Å². The summed E-state index contributed by atoms with van der Waals surface area (Å²) in [6.45, 7) is 0.574. The number of methoxy groups -OCH3 is 1. The van der Waals surface area contributed by atoms with Crippen LogP contribution in [0.25, 0.3) is 11.1 Å². The lowest BCUT2D eigenvalue weighted by Gasteiger charge is -2.13. The third-order valence-electron chi connectivity index (χ3n) is 5.03. The Hall–Kier alpha value is -3.59. The summed E-state index contributed by atoms with van der Waals surface area (Å²) in [4.78, 5) is 12.3. The Bertz CT molecular complexity index is 1160. The van der Waals surface area contributed by atoms with Crippen molar-refractivity contribution >= 4 is 0 Å². The van der Waals surface area contributed by atoms with Crippen molar-refractivity contribution in [2.75, 3.05) is 7.11 Å². The second kappa shape index (κ2) is 8.61. The zero-order chi connectivity index (χ0) is 20.1. The molecule has 0 unspecified atom stereocenters. The first-order valence-electron chi connectivity index (χ1n) is 9.68. The van der Waals surface area contributed by atoms with E-state index in [4.69, 9.17) is 4.74 Å². The molecule has 3 nitrogen and oxygen atoms in total. The minimum absolute atomic E-state index is 0.0127. The number of benzene rings is 3. The fraction of sp³-hybridized carbons (Fsp3) is 0.115. The molecule has 0 amide bonds. The predicted octanol–water partition coefficient (Wildman–Crippen LogP) is 5.16. The van der Waals surface area contributed by atoms with Crippen molar-refractivity contribution in [2.45, 2.75) is 13.0 Å². The van der Waals surface area contributed by atoms with Crippen molar-refractivity contribution < 1.29 is 4.74 Å². The molecule has 0 N–H and O–H groups in total. The molecule has 0 aliphatic heterocycles. The molecule has 0 aliphatic carbocycles. The Balaban J connectivity index is 1.65. The zero-order valence-electron chi connectivity index (χ0n) is 16.4. The van der Waals surface area contributed by atoms with E-state index in [0.717, 1.165) is 28.9 Å². The first-order valence-corrected chi connectivity index (χ1v) is 9.68. The summed E-state index contributed by atoms with van der Waals surface area (Å²) in [5.41, 5.74) is 5.74. The van der Waals surface area contributed by atoms with Crippen molar-refractivity contribution in [3.8, 4) is 16.9 Å². The van der Waals surface area contributed by atoms with Gasteiger partial charge in [0.1, 0.15) is 5.75 Å². The molecule has 0 fully saturated rings. The monoisotopic (exact) mass is 381 g/mol. The molecule has 29 heavy (non-hydrogen) atoms. The molecule has 0 atom stereocenters. The van der Waals surface area contributed by atoms with E-state index in [0.29, 0.717) is 6.54 Å². The van der Waals surface area contributed by atoms with Gasteiger partial charge in [0.05, 0.1) is 13.7 Å². The quantitative estimate of drug-likeness (QED) is 0.462. The van der Waals surface area contributed by atoms with Crippen molar-refractivity contribution in [2.24, 2.45) is 0 Å². The van der Waals surface area contributed by atoms with Crippen LogP contribution in [0.5, 0.6) is 5.75 Å². The predicted molar refractivity (Wildman–Crippen MR) is 117 cm³/mol. The molecule has 4 rings (SSSR count). The molecule has 3 aromatic carbocycles. The van der Waals surface area contributed by atoms with Gasteiger partial charge >= 0.3 is 0 Å². The van der Waals surface area contributed by atoms with Crippen LogP contribution in [0.15, 0.2) is 102 Å². The maximum absolute atomic E-state index is 12.3. The van der Waals surface area contributed by atoms with Gasteiger partial charge in [-0.3, -0.25) is 4.79 Å². The molecule has 0 bridgehead atoms. The summed E-state index contributed by atoms with van der Waals surface area (Å²) in [5, 5.41) is 0. The summed E-state index contributed by atoms with van der Waals surface area (Å²) in [7, 11) is 1.68. The van der Waals surface area contributed by atoms with E-state index in [1.54, 1.807) is 17.7 Å². The van der Waals surface area contributed by atoms with Crippen LogP contribution >= 0.6 is 0 Å². The van der Waals surface area contributed by atoms with Crippen LogP contribution < -0.4 is 10.3 Å². The van der Waals surface area contributed by atoms with E-state index in [2.05, 4.69) is 36.4 Å². The SMILES string of the molecule is COc1cccc(-c2ccccc2Cc2ccc(=O)n(Cc3ccccc3)c2)c1. The van der Waals surface area contributed by atoms with E-state index < -0.39 is 0 Å². The number of hydrogen-bond donors (Lipinski definition) is 0. The standard InChI is InChI=1S/C26H23NO2/c1-29-24-12-7-11-23(17-24)25-13-6-5-10-22(25)16-21-14-15-26(28)27(19-21)18-20-8-3-2-4-9-20/h2-15,17,19H,16,18H2,1H3. The summed E-state index contributed by atoms with van der Waals surface area (Å²) < 4.78 is 7.16. The van der Waals surface area contributed by atoms with E-state index in [9.17, 15) is 4.79 Å². The highest BCUT2D eigenvalue weighted by Gasteiger charge is 2.08. The molecule has 0 spiro atoms. The maximum atomic E-state index is 12.3. The minimum atomic E-state index is 0.0127. The highest BCUT2D eigenvalue weighted by molar-refractivity contribution is 5.69. The fourth-order valence-electron chi connectivity index (χ4n) is 3.56. The molecule has 0 saturated carbocycles. The van der Waals surface area contributed by atoms with E-state index in [1.165, 1.54) is 11.1 Å². The van der Waals surface area contributed by atoms with Gasteiger partial charge in [0, 0.05) is 12.3 Å². The van der Waals surface area contributed by atoms with Crippen LogP contribution in [0.2, 0.25) is 0 Å². The van der Waals surface area contributed by atoms with Crippen molar-refractivity contribution in [3.05, 3.63) is 124 Å². The highest BCUT2D eigenvalue weighted by Crippen LogP contribution is 2.28. The second-order valence-corrected chi connectivity index (χ2v) is 7.05. The first-order chi connectivity index (χ1) is 14.2. The number of ether oxygens (including phenoxy) is 1. The zero-order valence-corrected chi connectivity index (χ0v) is 16.4. The van der Waals surface area contributed by atoms with Crippen LogP contribution in [0, 0.1) is 0 Å². The van der Waals surface area contributed by atoms with Crippen LogP contribution in [0.1, 0.15) is 16.7 Å². The largest absolute Gasteiger partial charge is 0.497 e. The van der Waals surface area contributed by atoms with E-state index >= 15 is 0 Å². The Morgan fingerprint density at radius 1 is 0.793 bits per heavy atom. The molecule has 0 aliphatic rings. The number of hydrogen-bond acceptors (Lipinski definition) is 2. The van der Waals surface area contributed by atoms with Gasteiger partial charge < -0.3 is 9.30 Å². The summed E-state index contributed by atoms with van der Waals surface area (Å²) in [6, 6.07) is 30.1. The molecular weight excluding hydrogens is 358 g/mol. The normalized spacial score (nSPS) is 10.7. The lowest BCUT2D eigenvalue weighted by Crippen LogP contribution is -2.19. The molecule has 1 heterocycles. The van der Waals surface area contributed by atoms with Gasteiger partial charge in [-0.2, -0.15) is 0 Å². The topological polar surface area (TPSA) is 31.2 Å². The fourth-order valence-corrected chi connectivity index (χ4v) is 3.56. The van der Waals surface area contributed by atoms with Gasteiger partial charge in [0.2, 0.25) is 0 Å². The molecule has 4 aromatic rings. The third kappa shape index (κ3) is 4.46. The van der Waals surface area contributed by atoms with Gasteiger partial charge in [0.15, 0.2) is 0 Å². The van der Waals surface area contributed by atoms with Gasteiger partial charge in [0.25, 0.3) is 5.56 Å². The van der Waals surface area contributed by atoms with Crippen LogP contribution in [0.4, 0.5) is 0 Å². The van der Waals surface area contributed by atoms with Gasteiger partial charge in [-0.25, -0.2) is 0 Å². The Morgan fingerprint density at radius 3 is 2.41 bits per heavy atom. The Labute approximate surface area is 170 Å². The third-order valence-corrected chi connectivity index (χ3v) is 5.03. The number of rotatable bonds is 6. The van der Waals surface area contributed by atoms with Gasteiger partial charge in [-0.1, -0.05) is 72.8 Å². The number of nitrogens with zero attached hydrogens (tertiary/aromatic N) is 1. The molecule has 0 radical (unpaired) electrons. The van der Waals surface area contributed by atoms with Crippen molar-refractivity contribution in [1.82, 2.24) is 4.57 Å². The Morgan fingerprint density at radius 2 is 1.59 bits per heavy atom. The maximum Gasteiger partial charge on any atom is 0.250 e. The second-order valence-electron chi connectivity index (χ2n) is 7.05. The first kappa shape index (κ1) is 18.8. The molecule has 3 heteroatoms.